The Balaban J connectivity index is 1.72. The molecule has 2 aromatic rings. The Kier molecular flexibility index (Phi) is 7.91. The van der Waals surface area contributed by atoms with Gasteiger partial charge in [-0.1, -0.05) is 24.3 Å². The van der Waals surface area contributed by atoms with E-state index in [0.29, 0.717) is 36.8 Å². The van der Waals surface area contributed by atoms with E-state index in [2.05, 4.69) is 0 Å². The number of rotatable bonds is 7. The number of benzene rings is 2. The van der Waals surface area contributed by atoms with Crippen molar-refractivity contribution < 1.29 is 33.6 Å². The molecule has 1 fully saturated rings. The molecule has 184 valence electrons. The van der Waals surface area contributed by atoms with Crippen molar-refractivity contribution in [2.75, 3.05) is 27.3 Å². The van der Waals surface area contributed by atoms with Crippen LogP contribution < -0.4 is 14.2 Å². The Hall–Kier alpha value is -3.42. The van der Waals surface area contributed by atoms with Gasteiger partial charge in [-0.05, 0) is 38.3 Å². The van der Waals surface area contributed by atoms with Crippen LogP contribution in [-0.4, -0.2) is 55.0 Å². The monoisotopic (exact) mass is 471 g/mol. The minimum atomic E-state index is -0.927. The summed E-state index contributed by atoms with van der Waals surface area (Å²) in [6.07, 6.45) is 0.0567. The van der Waals surface area contributed by atoms with Gasteiger partial charge in [-0.3, -0.25) is 4.79 Å². The van der Waals surface area contributed by atoms with Crippen molar-refractivity contribution in [1.82, 2.24) is 4.90 Å². The molecule has 2 aromatic carbocycles. The fourth-order valence-corrected chi connectivity index (χ4v) is 4.04. The zero-order chi connectivity index (χ0) is 24.9. The number of piperidine rings is 1. The molecule has 8 nitrogen and oxygen atoms in total. The van der Waals surface area contributed by atoms with Crippen LogP contribution in [0.1, 0.15) is 44.2 Å². The minimum Gasteiger partial charge on any atom is -0.496 e. The summed E-state index contributed by atoms with van der Waals surface area (Å²) in [6.45, 7) is 6.23. The number of ether oxygens (including phenoxy) is 4. The van der Waals surface area contributed by atoms with Crippen LogP contribution in [0.3, 0.4) is 0 Å². The number of methoxy groups -OCH3 is 2. The smallest absolute Gasteiger partial charge is 0.410 e. The molecule has 3 rings (SSSR count). The molecule has 0 spiro atoms. The maximum absolute atomic E-state index is 12.5. The summed E-state index contributed by atoms with van der Waals surface area (Å²) in [5, 5.41) is 9.90. The van der Waals surface area contributed by atoms with Gasteiger partial charge in [0.25, 0.3) is 0 Å². The average Bonchev–Trinajstić information content (AvgIpc) is 2.81. The molecule has 1 aliphatic rings. The number of carbonyl (C=O) groups is 2. The standard InChI is InChI=1S/C26H33NO7/c1-26(2,3)34-25(30)27-10-9-22(23(15-27)24(28)29)18-8-6-7-17(11-18)16-33-21-13-19(31-4)12-20(14-21)32-5/h6-8,11-14,22-23H,9-10,15-16H2,1-5H3,(H,28,29)/t22-,23+/m1/s1. The highest BCUT2D eigenvalue weighted by atomic mass is 16.6. The second-order valence-electron chi connectivity index (χ2n) is 9.35. The molecular formula is C26H33NO7. The lowest BCUT2D eigenvalue weighted by Crippen LogP contribution is -2.47. The lowest BCUT2D eigenvalue weighted by Gasteiger charge is -2.37. The third-order valence-electron chi connectivity index (χ3n) is 5.69. The highest BCUT2D eigenvalue weighted by Crippen LogP contribution is 2.35. The van der Waals surface area contributed by atoms with Crippen LogP contribution in [0.4, 0.5) is 4.79 Å². The van der Waals surface area contributed by atoms with Crippen LogP contribution in [0.15, 0.2) is 42.5 Å². The summed E-state index contributed by atoms with van der Waals surface area (Å²) in [6, 6.07) is 13.1. The van der Waals surface area contributed by atoms with Crippen molar-refractivity contribution in [3.8, 4) is 17.2 Å². The van der Waals surface area contributed by atoms with E-state index < -0.39 is 23.6 Å². The molecule has 1 N–H and O–H groups in total. The zero-order valence-electron chi connectivity index (χ0n) is 20.4. The number of nitrogens with zero attached hydrogens (tertiary/aromatic N) is 1. The molecule has 0 bridgehead atoms. The van der Waals surface area contributed by atoms with Crippen LogP contribution in [0.25, 0.3) is 0 Å². The number of carboxylic acids is 1. The Labute approximate surface area is 200 Å². The summed E-state index contributed by atoms with van der Waals surface area (Å²) >= 11 is 0. The normalized spacial score (nSPS) is 18.2. The van der Waals surface area contributed by atoms with E-state index in [9.17, 15) is 14.7 Å². The van der Waals surface area contributed by atoms with Gasteiger partial charge in [0.1, 0.15) is 29.5 Å². The molecule has 1 saturated heterocycles. The van der Waals surface area contributed by atoms with E-state index in [0.717, 1.165) is 11.1 Å². The summed E-state index contributed by atoms with van der Waals surface area (Å²) in [5.41, 5.74) is 1.20. The van der Waals surface area contributed by atoms with Gasteiger partial charge in [-0.15, -0.1) is 0 Å². The van der Waals surface area contributed by atoms with E-state index in [1.165, 1.54) is 4.90 Å². The van der Waals surface area contributed by atoms with Crippen molar-refractivity contribution in [2.45, 2.75) is 45.3 Å². The molecular weight excluding hydrogens is 438 g/mol. The highest BCUT2D eigenvalue weighted by molar-refractivity contribution is 5.74. The summed E-state index contributed by atoms with van der Waals surface area (Å²) in [5.74, 6) is 0.000463. The van der Waals surface area contributed by atoms with Gasteiger partial charge in [-0.25, -0.2) is 4.79 Å². The number of amides is 1. The minimum absolute atomic E-state index is 0.110. The molecule has 8 heteroatoms. The van der Waals surface area contributed by atoms with Crippen LogP contribution in [0, 0.1) is 5.92 Å². The number of hydrogen-bond acceptors (Lipinski definition) is 6. The SMILES string of the molecule is COc1cc(OC)cc(OCc2cccc([C@H]3CCN(C(=O)OC(C)(C)C)C[C@@H]3C(=O)O)c2)c1. The average molecular weight is 472 g/mol. The summed E-state index contributed by atoms with van der Waals surface area (Å²) in [7, 11) is 3.16. The van der Waals surface area contributed by atoms with Gasteiger partial charge in [0.2, 0.25) is 0 Å². The van der Waals surface area contributed by atoms with E-state index in [4.69, 9.17) is 18.9 Å². The fraction of sp³-hybridized carbons (Fsp3) is 0.462. The molecule has 0 radical (unpaired) electrons. The number of carboxylic acid groups (broad SMARTS) is 1. The van der Waals surface area contributed by atoms with Crippen molar-refractivity contribution in [1.29, 1.82) is 0 Å². The lowest BCUT2D eigenvalue weighted by molar-refractivity contribution is -0.144. The molecule has 1 aliphatic heterocycles. The molecule has 34 heavy (non-hydrogen) atoms. The Morgan fingerprint density at radius 1 is 1.03 bits per heavy atom. The second-order valence-corrected chi connectivity index (χ2v) is 9.35. The van der Waals surface area contributed by atoms with Crippen LogP contribution in [0.5, 0.6) is 17.2 Å². The Bertz CT molecular complexity index is 992. The first-order chi connectivity index (χ1) is 16.1. The molecule has 0 aliphatic carbocycles. The van der Waals surface area contributed by atoms with E-state index in [1.807, 2.05) is 24.3 Å². The van der Waals surface area contributed by atoms with Crippen LogP contribution in [0.2, 0.25) is 0 Å². The Morgan fingerprint density at radius 2 is 1.68 bits per heavy atom. The number of carbonyl (C=O) groups excluding carboxylic acids is 1. The highest BCUT2D eigenvalue weighted by Gasteiger charge is 2.38. The van der Waals surface area contributed by atoms with Crippen LogP contribution >= 0.6 is 0 Å². The van der Waals surface area contributed by atoms with Crippen molar-refractivity contribution in [3.63, 3.8) is 0 Å². The maximum atomic E-state index is 12.5. The second kappa shape index (κ2) is 10.7. The van der Waals surface area contributed by atoms with Crippen LogP contribution in [-0.2, 0) is 16.1 Å². The quantitative estimate of drug-likeness (QED) is 0.625. The molecule has 1 amide bonds. The first kappa shape index (κ1) is 25.2. The lowest BCUT2D eigenvalue weighted by atomic mass is 9.80. The number of aliphatic carboxylic acids is 1. The molecule has 1 heterocycles. The number of likely N-dealkylation sites (tertiary alicyclic amines) is 1. The van der Waals surface area contributed by atoms with E-state index in [1.54, 1.807) is 53.2 Å². The predicted octanol–water partition coefficient (Wildman–Crippen LogP) is 4.71. The first-order valence-corrected chi connectivity index (χ1v) is 11.2. The summed E-state index contributed by atoms with van der Waals surface area (Å²) < 4.78 is 21.9. The van der Waals surface area contributed by atoms with Crippen molar-refractivity contribution in [2.24, 2.45) is 5.92 Å². The largest absolute Gasteiger partial charge is 0.496 e. The van der Waals surface area contributed by atoms with Gasteiger partial charge < -0.3 is 29.0 Å². The topological polar surface area (TPSA) is 94.5 Å². The van der Waals surface area contributed by atoms with E-state index >= 15 is 0 Å². The molecule has 2 atom stereocenters. The molecule has 0 aromatic heterocycles. The Morgan fingerprint density at radius 3 is 2.26 bits per heavy atom. The van der Waals surface area contributed by atoms with Crippen molar-refractivity contribution >= 4 is 12.1 Å². The maximum Gasteiger partial charge on any atom is 0.410 e. The third-order valence-corrected chi connectivity index (χ3v) is 5.69. The van der Waals surface area contributed by atoms with E-state index in [-0.39, 0.29) is 12.5 Å². The van der Waals surface area contributed by atoms with Gasteiger partial charge in [-0.2, -0.15) is 0 Å². The van der Waals surface area contributed by atoms with Gasteiger partial charge in [0.15, 0.2) is 0 Å². The van der Waals surface area contributed by atoms with Gasteiger partial charge in [0.05, 0.1) is 20.1 Å². The first-order valence-electron chi connectivity index (χ1n) is 11.2. The van der Waals surface area contributed by atoms with Crippen molar-refractivity contribution in [3.05, 3.63) is 53.6 Å². The third kappa shape index (κ3) is 6.56. The predicted molar refractivity (Wildman–Crippen MR) is 127 cm³/mol. The fourth-order valence-electron chi connectivity index (χ4n) is 4.04. The number of hydrogen-bond donors (Lipinski definition) is 1. The molecule has 0 unspecified atom stereocenters. The summed E-state index contributed by atoms with van der Waals surface area (Å²) in [4.78, 5) is 26.0. The zero-order valence-corrected chi connectivity index (χ0v) is 20.4. The van der Waals surface area contributed by atoms with Gasteiger partial charge in [0, 0.05) is 37.2 Å². The molecule has 0 saturated carbocycles. The van der Waals surface area contributed by atoms with Gasteiger partial charge >= 0.3 is 12.1 Å².